The standard InChI is InChI=1S/C20H14N4/c1-24-18-5-3-2-4-14(18)15-12-13(6-9-19(15)24)16-7-8-17-20(23-16)22-11-10-21-17/h2-12H,1H3. The fraction of sp³-hybridized carbons (Fsp3) is 0.0500. The molecule has 0 atom stereocenters. The van der Waals surface area contributed by atoms with E-state index in [-0.39, 0.29) is 0 Å². The highest BCUT2D eigenvalue weighted by atomic mass is 14.9. The molecule has 0 spiro atoms. The van der Waals surface area contributed by atoms with Gasteiger partial charge in [0.25, 0.3) is 0 Å². The van der Waals surface area contributed by atoms with Gasteiger partial charge in [0.05, 0.1) is 5.69 Å². The summed E-state index contributed by atoms with van der Waals surface area (Å²) in [6.07, 6.45) is 3.36. The first kappa shape index (κ1) is 13.2. The largest absolute Gasteiger partial charge is 0.344 e. The van der Waals surface area contributed by atoms with Gasteiger partial charge in [0.1, 0.15) is 5.52 Å². The minimum Gasteiger partial charge on any atom is -0.344 e. The SMILES string of the molecule is Cn1c2ccccc2c2cc(-c3ccc4nccnc4n3)ccc21. The van der Waals surface area contributed by atoms with Gasteiger partial charge in [-0.05, 0) is 30.3 Å². The molecule has 0 aliphatic carbocycles. The van der Waals surface area contributed by atoms with Gasteiger partial charge in [0.15, 0.2) is 5.65 Å². The van der Waals surface area contributed by atoms with Gasteiger partial charge in [-0.3, -0.25) is 4.98 Å². The number of aryl methyl sites for hydroxylation is 1. The first-order chi connectivity index (χ1) is 11.8. The van der Waals surface area contributed by atoms with Crippen LogP contribution in [0.3, 0.4) is 0 Å². The molecule has 114 valence electrons. The summed E-state index contributed by atoms with van der Waals surface area (Å²) in [6.45, 7) is 0. The summed E-state index contributed by atoms with van der Waals surface area (Å²) < 4.78 is 2.23. The van der Waals surface area contributed by atoms with Crippen molar-refractivity contribution in [1.29, 1.82) is 0 Å². The predicted octanol–water partition coefficient (Wildman–Crippen LogP) is 4.34. The number of aromatic nitrogens is 4. The van der Waals surface area contributed by atoms with Crippen molar-refractivity contribution in [3.8, 4) is 11.3 Å². The smallest absolute Gasteiger partial charge is 0.178 e. The van der Waals surface area contributed by atoms with E-state index in [1.807, 2.05) is 12.1 Å². The predicted molar refractivity (Wildman–Crippen MR) is 96.8 cm³/mol. The van der Waals surface area contributed by atoms with E-state index in [1.54, 1.807) is 12.4 Å². The van der Waals surface area contributed by atoms with E-state index in [9.17, 15) is 0 Å². The molecule has 0 radical (unpaired) electrons. The number of benzene rings is 2. The zero-order valence-corrected chi connectivity index (χ0v) is 13.1. The average molecular weight is 310 g/mol. The van der Waals surface area contributed by atoms with Crippen molar-refractivity contribution >= 4 is 33.0 Å². The van der Waals surface area contributed by atoms with Crippen LogP contribution in [-0.2, 0) is 7.05 Å². The minimum absolute atomic E-state index is 0.674. The number of para-hydroxylation sites is 1. The van der Waals surface area contributed by atoms with Gasteiger partial charge in [-0.1, -0.05) is 24.3 Å². The monoisotopic (exact) mass is 310 g/mol. The molecule has 3 aromatic heterocycles. The number of hydrogen-bond acceptors (Lipinski definition) is 3. The molecule has 4 heteroatoms. The Balaban J connectivity index is 1.78. The lowest BCUT2D eigenvalue weighted by Gasteiger charge is -2.03. The third kappa shape index (κ3) is 1.83. The zero-order valence-electron chi connectivity index (χ0n) is 13.1. The van der Waals surface area contributed by atoms with Gasteiger partial charge in [-0.25, -0.2) is 9.97 Å². The van der Waals surface area contributed by atoms with Crippen molar-refractivity contribution in [2.45, 2.75) is 0 Å². The molecule has 0 unspecified atom stereocenters. The van der Waals surface area contributed by atoms with Crippen molar-refractivity contribution in [3.05, 3.63) is 67.0 Å². The number of hydrogen-bond donors (Lipinski definition) is 0. The highest BCUT2D eigenvalue weighted by molar-refractivity contribution is 6.09. The summed E-state index contributed by atoms with van der Waals surface area (Å²) in [5, 5.41) is 2.50. The maximum atomic E-state index is 4.66. The van der Waals surface area contributed by atoms with E-state index in [4.69, 9.17) is 0 Å². The molecule has 4 nitrogen and oxygen atoms in total. The third-order valence-corrected chi connectivity index (χ3v) is 4.54. The van der Waals surface area contributed by atoms with Crippen LogP contribution in [0.4, 0.5) is 0 Å². The van der Waals surface area contributed by atoms with Crippen molar-refractivity contribution in [1.82, 2.24) is 19.5 Å². The molecule has 0 N–H and O–H groups in total. The van der Waals surface area contributed by atoms with Crippen LogP contribution < -0.4 is 0 Å². The van der Waals surface area contributed by atoms with E-state index in [2.05, 4.69) is 69.0 Å². The van der Waals surface area contributed by atoms with Crippen LogP contribution in [0.25, 0.3) is 44.2 Å². The Morgan fingerprint density at radius 2 is 1.62 bits per heavy atom. The van der Waals surface area contributed by atoms with E-state index in [0.717, 1.165) is 16.8 Å². The van der Waals surface area contributed by atoms with Gasteiger partial charge in [0, 0.05) is 46.8 Å². The normalized spacial score (nSPS) is 11.5. The van der Waals surface area contributed by atoms with Crippen LogP contribution >= 0.6 is 0 Å². The summed E-state index contributed by atoms with van der Waals surface area (Å²) in [5.74, 6) is 0. The van der Waals surface area contributed by atoms with Crippen LogP contribution in [0.2, 0.25) is 0 Å². The van der Waals surface area contributed by atoms with Gasteiger partial charge < -0.3 is 4.57 Å². The van der Waals surface area contributed by atoms with Crippen molar-refractivity contribution in [2.24, 2.45) is 7.05 Å². The molecule has 5 rings (SSSR count). The second-order valence-electron chi connectivity index (χ2n) is 5.90. The maximum absolute atomic E-state index is 4.66. The van der Waals surface area contributed by atoms with Gasteiger partial charge in [0.2, 0.25) is 0 Å². The quantitative estimate of drug-likeness (QED) is 0.462. The second-order valence-corrected chi connectivity index (χ2v) is 5.90. The molecular formula is C20H14N4. The number of fused-ring (bicyclic) bond motifs is 4. The van der Waals surface area contributed by atoms with Gasteiger partial charge >= 0.3 is 0 Å². The molecule has 2 aromatic carbocycles. The molecule has 5 aromatic rings. The Bertz CT molecular complexity index is 1220. The van der Waals surface area contributed by atoms with Crippen LogP contribution in [0.5, 0.6) is 0 Å². The lowest BCUT2D eigenvalue weighted by molar-refractivity contribution is 1.01. The van der Waals surface area contributed by atoms with E-state index in [0.29, 0.717) is 5.65 Å². The number of rotatable bonds is 1. The van der Waals surface area contributed by atoms with E-state index < -0.39 is 0 Å². The Labute approximate surface area is 138 Å². The Kier molecular flexibility index (Phi) is 2.67. The molecule has 3 heterocycles. The fourth-order valence-corrected chi connectivity index (χ4v) is 3.34. The van der Waals surface area contributed by atoms with E-state index in [1.165, 1.54) is 21.8 Å². The van der Waals surface area contributed by atoms with Crippen molar-refractivity contribution in [3.63, 3.8) is 0 Å². The molecule has 24 heavy (non-hydrogen) atoms. The topological polar surface area (TPSA) is 43.6 Å². The maximum Gasteiger partial charge on any atom is 0.178 e. The van der Waals surface area contributed by atoms with Gasteiger partial charge in [-0.15, -0.1) is 0 Å². The zero-order chi connectivity index (χ0) is 16.1. The Hall–Kier alpha value is -3.27. The van der Waals surface area contributed by atoms with Crippen LogP contribution in [-0.4, -0.2) is 19.5 Å². The molecule has 0 aliphatic rings. The molecule has 0 bridgehead atoms. The second kappa shape index (κ2) is 4.86. The van der Waals surface area contributed by atoms with Crippen molar-refractivity contribution < 1.29 is 0 Å². The van der Waals surface area contributed by atoms with E-state index >= 15 is 0 Å². The minimum atomic E-state index is 0.674. The molecule has 0 amide bonds. The van der Waals surface area contributed by atoms with Crippen molar-refractivity contribution in [2.75, 3.05) is 0 Å². The molecular weight excluding hydrogens is 296 g/mol. The fourth-order valence-electron chi connectivity index (χ4n) is 3.34. The lowest BCUT2D eigenvalue weighted by atomic mass is 10.1. The lowest BCUT2D eigenvalue weighted by Crippen LogP contribution is -1.90. The molecule has 0 fully saturated rings. The number of pyridine rings is 1. The first-order valence-corrected chi connectivity index (χ1v) is 7.86. The Morgan fingerprint density at radius 1 is 0.792 bits per heavy atom. The highest BCUT2D eigenvalue weighted by Crippen LogP contribution is 2.31. The van der Waals surface area contributed by atoms with Crippen LogP contribution in [0.1, 0.15) is 0 Å². The Morgan fingerprint density at radius 3 is 2.58 bits per heavy atom. The number of nitrogens with zero attached hydrogens (tertiary/aromatic N) is 4. The molecule has 0 saturated carbocycles. The van der Waals surface area contributed by atoms with Crippen LogP contribution in [0, 0.1) is 0 Å². The third-order valence-electron chi connectivity index (χ3n) is 4.54. The summed E-state index contributed by atoms with van der Waals surface area (Å²) in [7, 11) is 2.11. The molecule has 0 saturated heterocycles. The summed E-state index contributed by atoms with van der Waals surface area (Å²) in [4.78, 5) is 13.2. The molecule has 0 aliphatic heterocycles. The summed E-state index contributed by atoms with van der Waals surface area (Å²) in [5.41, 5.74) is 5.95. The highest BCUT2D eigenvalue weighted by Gasteiger charge is 2.10. The summed E-state index contributed by atoms with van der Waals surface area (Å²) >= 11 is 0. The summed E-state index contributed by atoms with van der Waals surface area (Å²) in [6, 6.07) is 18.9. The first-order valence-electron chi connectivity index (χ1n) is 7.86. The average Bonchev–Trinajstić information content (AvgIpc) is 2.94. The van der Waals surface area contributed by atoms with Gasteiger partial charge in [-0.2, -0.15) is 0 Å². The van der Waals surface area contributed by atoms with Crippen LogP contribution in [0.15, 0.2) is 67.0 Å².